The van der Waals surface area contributed by atoms with Crippen LogP contribution < -0.4 is 0 Å². The highest BCUT2D eigenvalue weighted by atomic mass is 13.5. The summed E-state index contributed by atoms with van der Waals surface area (Å²) in [6.07, 6.45) is 8.58. The first-order chi connectivity index (χ1) is 3.83. The average Bonchev–Trinajstić information content (AvgIpc) is 1.88. The average molecular weight is 110 g/mol. The van der Waals surface area contributed by atoms with Gasteiger partial charge in [0.2, 0.25) is 0 Å². The zero-order chi connectivity index (χ0) is 6.83. The van der Waals surface area contributed by atoms with Crippen LogP contribution in [0.3, 0.4) is 0 Å². The monoisotopic (exact) mass is 110 g/mol. The first-order valence-electron chi connectivity index (χ1n) is 2.87. The largest absolute Gasteiger partial charge is 0.120 e. The van der Waals surface area contributed by atoms with Crippen LogP contribution in [0.5, 0.6) is 0 Å². The lowest BCUT2D eigenvalue weighted by Gasteiger charge is -1.57. The summed E-state index contributed by atoms with van der Waals surface area (Å²) in [4.78, 5) is 0. The van der Waals surface area contributed by atoms with E-state index in [1.54, 1.807) is 0 Å². The third-order valence-corrected chi connectivity index (χ3v) is 0.493. The van der Waals surface area contributed by atoms with Crippen LogP contribution in [-0.2, 0) is 0 Å². The van der Waals surface area contributed by atoms with E-state index in [2.05, 4.69) is 19.4 Å². The maximum atomic E-state index is 4.78. The first kappa shape index (κ1) is 10.3. The molecule has 0 unspecified atom stereocenters. The topological polar surface area (TPSA) is 0 Å². The minimum absolute atomic E-state index is 0.847. The van der Waals surface area contributed by atoms with Gasteiger partial charge in [0.15, 0.2) is 0 Å². The highest BCUT2D eigenvalue weighted by Crippen LogP contribution is 1.66. The minimum Gasteiger partial charge on any atom is -0.120 e. The fourth-order valence-electron chi connectivity index (χ4n) is 0. The molecule has 0 heterocycles. The predicted molar refractivity (Wildman–Crippen MR) is 39.6 cm³/mol. The van der Waals surface area contributed by atoms with E-state index in [1.165, 1.54) is 0 Å². The van der Waals surface area contributed by atoms with Crippen LogP contribution in [0.25, 0.3) is 0 Å². The molecular formula is C8H14. The Hall–Kier alpha value is -0.700. The van der Waals surface area contributed by atoms with E-state index in [4.69, 9.17) is 6.42 Å². The lowest BCUT2D eigenvalue weighted by atomic mass is 10.5. The van der Waals surface area contributed by atoms with E-state index in [9.17, 15) is 0 Å². The van der Waals surface area contributed by atoms with Gasteiger partial charge < -0.3 is 0 Å². The van der Waals surface area contributed by atoms with Gasteiger partial charge in [0.25, 0.3) is 0 Å². The Morgan fingerprint density at radius 1 is 1.62 bits per heavy atom. The number of rotatable bonds is 1. The minimum atomic E-state index is 0.847. The van der Waals surface area contributed by atoms with Gasteiger partial charge in [-0.15, -0.1) is 18.9 Å². The van der Waals surface area contributed by atoms with Crippen molar-refractivity contribution in [1.82, 2.24) is 0 Å². The lowest BCUT2D eigenvalue weighted by molar-refractivity contribution is 1.23. The van der Waals surface area contributed by atoms with Crippen molar-refractivity contribution in [2.24, 2.45) is 0 Å². The third-order valence-electron chi connectivity index (χ3n) is 0.493. The smallest absolute Gasteiger partial charge is 0.00576 e. The van der Waals surface area contributed by atoms with Crippen molar-refractivity contribution in [2.75, 3.05) is 0 Å². The first-order valence-corrected chi connectivity index (χ1v) is 2.87. The lowest BCUT2D eigenvalue weighted by Crippen LogP contribution is -1.38. The van der Waals surface area contributed by atoms with Gasteiger partial charge in [-0.25, -0.2) is 0 Å². The van der Waals surface area contributed by atoms with E-state index in [1.807, 2.05) is 13.0 Å². The number of terminal acetylenes is 1. The molecule has 0 fully saturated rings. The summed E-state index contributed by atoms with van der Waals surface area (Å²) < 4.78 is 0. The molecule has 0 atom stereocenters. The maximum absolute atomic E-state index is 4.78. The molecule has 0 aliphatic heterocycles. The quantitative estimate of drug-likeness (QED) is 0.359. The molecule has 0 saturated heterocycles. The molecule has 0 saturated carbocycles. The highest BCUT2D eigenvalue weighted by molar-refractivity contribution is 4.80. The van der Waals surface area contributed by atoms with Crippen LogP contribution in [0, 0.1) is 12.3 Å². The summed E-state index contributed by atoms with van der Waals surface area (Å²) in [5.41, 5.74) is 0. The zero-order valence-corrected chi connectivity index (χ0v) is 5.78. The second-order valence-corrected chi connectivity index (χ2v) is 1.25. The van der Waals surface area contributed by atoms with Gasteiger partial charge >= 0.3 is 0 Å². The summed E-state index contributed by atoms with van der Waals surface area (Å²) >= 11 is 0. The number of hydrogen-bond acceptors (Lipinski definition) is 0. The maximum Gasteiger partial charge on any atom is 0.00576 e. The molecule has 0 radical (unpaired) electrons. The Labute approximate surface area is 52.6 Å². The van der Waals surface area contributed by atoms with E-state index in [-0.39, 0.29) is 0 Å². The molecule has 0 spiro atoms. The fourth-order valence-corrected chi connectivity index (χ4v) is 0. The number of allylic oxidation sites excluding steroid dienone is 1. The van der Waals surface area contributed by atoms with Gasteiger partial charge in [0, 0.05) is 6.42 Å². The molecule has 8 heavy (non-hydrogen) atoms. The van der Waals surface area contributed by atoms with Crippen molar-refractivity contribution in [3.63, 3.8) is 0 Å². The Morgan fingerprint density at radius 3 is 1.88 bits per heavy atom. The SMILES string of the molecule is C#CCC.C=CCC. The molecule has 0 heteroatoms. The third kappa shape index (κ3) is 58.0. The van der Waals surface area contributed by atoms with Crippen molar-refractivity contribution < 1.29 is 0 Å². The molecule has 0 amide bonds. The molecule has 46 valence electrons. The van der Waals surface area contributed by atoms with E-state index >= 15 is 0 Å². The summed E-state index contributed by atoms with van der Waals surface area (Å²) in [5, 5.41) is 0. The molecule has 0 aromatic heterocycles. The Balaban J connectivity index is 0. The molecule has 0 rings (SSSR count). The summed E-state index contributed by atoms with van der Waals surface area (Å²) in [6.45, 7) is 7.49. The van der Waals surface area contributed by atoms with Crippen LogP contribution in [0.4, 0.5) is 0 Å². The van der Waals surface area contributed by atoms with Gasteiger partial charge in [0.1, 0.15) is 0 Å². The second-order valence-electron chi connectivity index (χ2n) is 1.25. The van der Waals surface area contributed by atoms with Crippen LogP contribution in [0.15, 0.2) is 12.7 Å². The number of hydrogen-bond donors (Lipinski definition) is 0. The normalized spacial score (nSPS) is 5.62. The molecule has 0 aromatic carbocycles. The molecule has 0 aromatic rings. The van der Waals surface area contributed by atoms with Gasteiger partial charge in [0.05, 0.1) is 0 Å². The van der Waals surface area contributed by atoms with Gasteiger partial charge in [-0.2, -0.15) is 0 Å². The van der Waals surface area contributed by atoms with E-state index in [0.29, 0.717) is 0 Å². The highest BCUT2D eigenvalue weighted by Gasteiger charge is 1.45. The van der Waals surface area contributed by atoms with E-state index in [0.717, 1.165) is 12.8 Å². The van der Waals surface area contributed by atoms with Crippen molar-refractivity contribution in [3.05, 3.63) is 12.7 Å². The van der Waals surface area contributed by atoms with Gasteiger partial charge in [-0.1, -0.05) is 19.9 Å². The Kier molecular flexibility index (Phi) is 21.0. The van der Waals surface area contributed by atoms with Gasteiger partial charge in [-0.05, 0) is 6.42 Å². The van der Waals surface area contributed by atoms with Crippen molar-refractivity contribution in [1.29, 1.82) is 0 Å². The van der Waals surface area contributed by atoms with Crippen LogP contribution in [0.2, 0.25) is 0 Å². The molecule has 0 aliphatic rings. The van der Waals surface area contributed by atoms with Crippen LogP contribution in [-0.4, -0.2) is 0 Å². The molecule has 0 nitrogen and oxygen atoms in total. The Bertz CT molecular complexity index is 64.6. The van der Waals surface area contributed by atoms with Crippen molar-refractivity contribution in [2.45, 2.75) is 26.7 Å². The zero-order valence-electron chi connectivity index (χ0n) is 5.78. The second kappa shape index (κ2) is 16.3. The summed E-state index contributed by atoms with van der Waals surface area (Å²) in [6, 6.07) is 0. The molecule has 0 aliphatic carbocycles. The Morgan fingerprint density at radius 2 is 1.88 bits per heavy atom. The standard InChI is InChI=1S/C4H8.C4H6/c2*1-3-4-2/h3H,1,4H2,2H3;1H,4H2,2H3. The van der Waals surface area contributed by atoms with Crippen molar-refractivity contribution in [3.8, 4) is 12.3 Å². The van der Waals surface area contributed by atoms with Crippen LogP contribution >= 0.6 is 0 Å². The summed E-state index contributed by atoms with van der Waals surface area (Å²) in [5.74, 6) is 2.43. The van der Waals surface area contributed by atoms with E-state index < -0.39 is 0 Å². The van der Waals surface area contributed by atoms with Gasteiger partial charge in [-0.3, -0.25) is 0 Å². The summed E-state index contributed by atoms with van der Waals surface area (Å²) in [7, 11) is 0. The van der Waals surface area contributed by atoms with Crippen LogP contribution in [0.1, 0.15) is 26.7 Å². The molecular weight excluding hydrogens is 96.1 g/mol. The molecule has 0 bridgehead atoms. The van der Waals surface area contributed by atoms with Crippen molar-refractivity contribution >= 4 is 0 Å². The fraction of sp³-hybridized carbons (Fsp3) is 0.500. The predicted octanol–water partition coefficient (Wildman–Crippen LogP) is 2.61. The molecule has 0 N–H and O–H groups in total.